The van der Waals surface area contributed by atoms with Crippen LogP contribution < -0.4 is 5.73 Å². The highest BCUT2D eigenvalue weighted by molar-refractivity contribution is 5.99. The topological polar surface area (TPSA) is 121 Å². The fourth-order valence-corrected chi connectivity index (χ4v) is 5.65. The van der Waals surface area contributed by atoms with Crippen molar-refractivity contribution in [2.45, 2.75) is 57.2 Å². The molecule has 1 aliphatic carbocycles. The summed E-state index contributed by atoms with van der Waals surface area (Å²) >= 11 is 0. The van der Waals surface area contributed by atoms with Crippen molar-refractivity contribution < 1.29 is 18.7 Å². The van der Waals surface area contributed by atoms with E-state index in [4.69, 9.17) is 5.73 Å². The van der Waals surface area contributed by atoms with E-state index >= 15 is 4.39 Å². The quantitative estimate of drug-likeness (QED) is 0.354. The molecule has 3 aromatic carbocycles. The average molecular weight is 557 g/mol. The van der Waals surface area contributed by atoms with Crippen molar-refractivity contribution in [3.63, 3.8) is 0 Å². The number of hydrogen-bond donors (Lipinski definition) is 2. The van der Waals surface area contributed by atoms with Crippen molar-refractivity contribution in [2.24, 2.45) is 5.73 Å². The van der Waals surface area contributed by atoms with Gasteiger partial charge in [-0.25, -0.2) is 13.5 Å². The lowest BCUT2D eigenvalue weighted by atomic mass is 9.90. The second kappa shape index (κ2) is 10.0. The van der Waals surface area contributed by atoms with Crippen LogP contribution in [0.15, 0.2) is 42.5 Å². The third-order valence-corrected chi connectivity index (χ3v) is 7.76. The Morgan fingerprint density at radius 2 is 1.90 bits per heavy atom. The van der Waals surface area contributed by atoms with Crippen molar-refractivity contribution in [1.29, 1.82) is 5.26 Å². The lowest BCUT2D eigenvalue weighted by Gasteiger charge is -2.20. The van der Waals surface area contributed by atoms with E-state index in [1.54, 1.807) is 53.8 Å². The SMILES string of the molecule is CC(C)(O)Cn1nnc2cc(-c3ccc(C(=O)N4CCC(N)C4)cc3-c3ccc(C#N)c(F)c3)c(F)c(C3CC3)c21. The first-order chi connectivity index (χ1) is 19.5. The Morgan fingerprint density at radius 3 is 2.54 bits per heavy atom. The molecule has 1 unspecified atom stereocenters. The lowest BCUT2D eigenvalue weighted by molar-refractivity contribution is 0.0584. The van der Waals surface area contributed by atoms with Gasteiger partial charge in [-0.15, -0.1) is 5.10 Å². The monoisotopic (exact) mass is 556 g/mol. The molecule has 6 rings (SSSR count). The van der Waals surface area contributed by atoms with Crippen LogP contribution in [0.1, 0.15) is 60.5 Å². The largest absolute Gasteiger partial charge is 0.389 e. The van der Waals surface area contributed by atoms with Gasteiger partial charge in [0.15, 0.2) is 0 Å². The maximum absolute atomic E-state index is 16.6. The molecule has 4 aromatic rings. The summed E-state index contributed by atoms with van der Waals surface area (Å²) in [6, 6.07) is 12.5. The number of likely N-dealkylation sites (tertiary alicyclic amines) is 1. The van der Waals surface area contributed by atoms with Crippen molar-refractivity contribution >= 4 is 16.9 Å². The average Bonchev–Trinajstić information content (AvgIpc) is 3.56. The Balaban J connectivity index is 1.55. The van der Waals surface area contributed by atoms with Gasteiger partial charge in [-0.2, -0.15) is 5.26 Å². The maximum atomic E-state index is 16.6. The van der Waals surface area contributed by atoms with Crippen LogP contribution in [0, 0.1) is 23.0 Å². The minimum atomic E-state index is -1.08. The maximum Gasteiger partial charge on any atom is 0.253 e. The van der Waals surface area contributed by atoms with Gasteiger partial charge in [0.25, 0.3) is 5.91 Å². The lowest BCUT2D eigenvalue weighted by Crippen LogP contribution is -2.31. The molecule has 1 aliphatic heterocycles. The van der Waals surface area contributed by atoms with Gasteiger partial charge >= 0.3 is 0 Å². The Morgan fingerprint density at radius 1 is 1.12 bits per heavy atom. The molecule has 0 radical (unpaired) electrons. The van der Waals surface area contributed by atoms with Gasteiger partial charge in [0.1, 0.15) is 23.2 Å². The molecule has 2 fully saturated rings. The number of nitrogens with zero attached hydrogens (tertiary/aromatic N) is 5. The van der Waals surface area contributed by atoms with Crippen molar-refractivity contribution in [3.05, 3.63) is 70.8 Å². The van der Waals surface area contributed by atoms with Gasteiger partial charge in [-0.1, -0.05) is 17.3 Å². The van der Waals surface area contributed by atoms with E-state index in [0.717, 1.165) is 12.8 Å². The predicted molar refractivity (Wildman–Crippen MR) is 150 cm³/mol. The van der Waals surface area contributed by atoms with Gasteiger partial charge in [-0.3, -0.25) is 4.79 Å². The highest BCUT2D eigenvalue weighted by atomic mass is 19.1. The van der Waals surface area contributed by atoms with E-state index in [1.807, 2.05) is 6.07 Å². The number of carbonyl (C=O) groups is 1. The summed E-state index contributed by atoms with van der Waals surface area (Å²) in [6.45, 7) is 4.44. The number of carbonyl (C=O) groups excluding carboxylic acids is 1. The smallest absolute Gasteiger partial charge is 0.253 e. The minimum Gasteiger partial charge on any atom is -0.389 e. The molecule has 10 heteroatoms. The Kier molecular flexibility index (Phi) is 6.59. The molecule has 8 nitrogen and oxygen atoms in total. The number of hydrogen-bond acceptors (Lipinski definition) is 6. The first-order valence-corrected chi connectivity index (χ1v) is 13.7. The Hall–Kier alpha value is -4.20. The van der Waals surface area contributed by atoms with Crippen molar-refractivity contribution in [3.8, 4) is 28.3 Å². The number of fused-ring (bicyclic) bond motifs is 1. The van der Waals surface area contributed by atoms with Gasteiger partial charge in [0.2, 0.25) is 0 Å². The van der Waals surface area contributed by atoms with Crippen LogP contribution >= 0.6 is 0 Å². The number of nitriles is 1. The van der Waals surface area contributed by atoms with Gasteiger partial charge in [0.05, 0.1) is 23.2 Å². The van der Waals surface area contributed by atoms with Crippen LogP contribution in [-0.4, -0.2) is 55.6 Å². The normalized spacial score (nSPS) is 17.3. The van der Waals surface area contributed by atoms with Gasteiger partial charge < -0.3 is 15.7 Å². The molecule has 1 aromatic heterocycles. The highest BCUT2D eigenvalue weighted by Gasteiger charge is 2.34. The van der Waals surface area contributed by atoms with Crippen molar-refractivity contribution in [2.75, 3.05) is 13.1 Å². The van der Waals surface area contributed by atoms with E-state index in [0.29, 0.717) is 58.4 Å². The van der Waals surface area contributed by atoms with Crippen molar-refractivity contribution in [1.82, 2.24) is 19.9 Å². The minimum absolute atomic E-state index is 0.00691. The van der Waals surface area contributed by atoms with E-state index in [-0.39, 0.29) is 35.5 Å². The third-order valence-electron chi connectivity index (χ3n) is 7.76. The summed E-state index contributed by atoms with van der Waals surface area (Å²) in [6.07, 6.45) is 2.35. The summed E-state index contributed by atoms with van der Waals surface area (Å²) in [7, 11) is 0. The molecule has 0 spiro atoms. The zero-order chi connectivity index (χ0) is 29.1. The fraction of sp³-hybridized carbons (Fsp3) is 0.355. The molecule has 3 N–H and O–H groups in total. The molecular weight excluding hydrogens is 526 g/mol. The highest BCUT2D eigenvalue weighted by Crippen LogP contribution is 2.47. The number of aromatic nitrogens is 3. The first kappa shape index (κ1) is 27.0. The van der Waals surface area contributed by atoms with Crippen LogP contribution in [0.3, 0.4) is 0 Å². The number of halogens is 2. The van der Waals surface area contributed by atoms with Gasteiger partial charge in [-0.05, 0) is 86.1 Å². The zero-order valence-corrected chi connectivity index (χ0v) is 22.9. The Bertz CT molecular complexity index is 1730. The van der Waals surface area contributed by atoms with Gasteiger partial charge in [0, 0.05) is 35.8 Å². The molecular formula is C31H30F2N6O2. The first-order valence-electron chi connectivity index (χ1n) is 13.7. The number of amides is 1. The van der Waals surface area contributed by atoms with E-state index in [9.17, 15) is 19.6 Å². The number of rotatable bonds is 6. The van der Waals surface area contributed by atoms with Crippen LogP contribution in [0.2, 0.25) is 0 Å². The van der Waals surface area contributed by atoms with Crippen LogP contribution in [0.5, 0.6) is 0 Å². The zero-order valence-electron chi connectivity index (χ0n) is 22.9. The summed E-state index contributed by atoms with van der Waals surface area (Å²) < 4.78 is 32.9. The molecule has 2 heterocycles. The fourth-order valence-electron chi connectivity index (χ4n) is 5.65. The molecule has 2 aliphatic rings. The van der Waals surface area contributed by atoms with E-state index in [2.05, 4.69) is 10.3 Å². The second-order valence-electron chi connectivity index (χ2n) is 11.7. The molecule has 210 valence electrons. The number of benzene rings is 3. The van der Waals surface area contributed by atoms with E-state index < -0.39 is 17.2 Å². The molecule has 1 amide bonds. The molecule has 41 heavy (non-hydrogen) atoms. The molecule has 1 atom stereocenters. The summed E-state index contributed by atoms with van der Waals surface area (Å²) in [5.41, 5.74) is 8.31. The molecule has 1 saturated heterocycles. The predicted octanol–water partition coefficient (Wildman–Crippen LogP) is 4.74. The van der Waals surface area contributed by atoms with Crippen LogP contribution in [0.4, 0.5) is 8.78 Å². The molecule has 1 saturated carbocycles. The Labute approximate surface area is 236 Å². The summed E-state index contributed by atoms with van der Waals surface area (Å²) in [5, 5.41) is 28.2. The molecule has 0 bridgehead atoms. The van der Waals surface area contributed by atoms with Crippen LogP contribution in [0.25, 0.3) is 33.3 Å². The number of nitrogens with two attached hydrogens (primary N) is 1. The van der Waals surface area contributed by atoms with E-state index in [1.165, 1.54) is 12.1 Å². The standard InChI is InChI=1S/C31H30F2N6O2/c1-31(2,41)16-39-29-26(36-37-39)13-24(28(33)27(29)17-3-4-17)22-8-7-19(30(40)38-10-9-21(35)15-38)11-23(22)18-5-6-20(14-34)25(32)12-18/h5-8,11-13,17,21,41H,3-4,9-10,15-16,35H2,1-2H3. The number of aliphatic hydroxyl groups is 1. The second-order valence-corrected chi connectivity index (χ2v) is 11.7. The summed E-state index contributed by atoms with van der Waals surface area (Å²) in [4.78, 5) is 15.0. The van der Waals surface area contributed by atoms with Crippen LogP contribution in [-0.2, 0) is 6.54 Å². The third kappa shape index (κ3) is 5.07. The summed E-state index contributed by atoms with van der Waals surface area (Å²) in [5.74, 6) is -1.35.